The summed E-state index contributed by atoms with van der Waals surface area (Å²) in [5.74, 6) is 0.378. The number of nitrogens with zero attached hydrogens (tertiary/aromatic N) is 1. The van der Waals surface area contributed by atoms with E-state index in [2.05, 4.69) is 10.6 Å². The van der Waals surface area contributed by atoms with Crippen LogP contribution in [0.15, 0.2) is 29.2 Å². The molecule has 7 nitrogen and oxygen atoms in total. The fourth-order valence-corrected chi connectivity index (χ4v) is 5.10. The fraction of sp³-hybridized carbons (Fsp3) is 0.556. The molecule has 0 aromatic heterocycles. The minimum absolute atomic E-state index is 0.0779. The normalized spacial score (nSPS) is 19.0. The third-order valence-corrected chi connectivity index (χ3v) is 7.04. The van der Waals surface area contributed by atoms with Crippen LogP contribution >= 0.6 is 12.2 Å². The minimum Gasteiger partial charge on any atom is -0.379 e. The van der Waals surface area contributed by atoms with Gasteiger partial charge in [-0.15, -0.1) is 0 Å². The lowest BCUT2D eigenvalue weighted by molar-refractivity contribution is -0.120. The number of hydrogen-bond acceptors (Lipinski definition) is 5. The Morgan fingerprint density at radius 3 is 2.41 bits per heavy atom. The standard InChI is InChI=1S/C18H25N3O4S2/c22-17(13-14-3-1-2-4-14)20-18(26)19-15-5-7-16(8-6-15)27(23,24)21-9-11-25-12-10-21/h5-8,14H,1-4,9-13H2,(H2,19,20,22,26). The van der Waals surface area contributed by atoms with E-state index in [1.54, 1.807) is 12.1 Å². The molecule has 1 saturated heterocycles. The third kappa shape index (κ3) is 5.47. The van der Waals surface area contributed by atoms with Gasteiger partial charge in [0.25, 0.3) is 0 Å². The number of carbonyl (C=O) groups excluding carboxylic acids is 1. The molecular weight excluding hydrogens is 386 g/mol. The molecule has 2 fully saturated rings. The van der Waals surface area contributed by atoms with Crippen molar-refractivity contribution in [3.05, 3.63) is 24.3 Å². The number of anilines is 1. The second-order valence-electron chi connectivity index (χ2n) is 6.90. The van der Waals surface area contributed by atoms with Crippen LogP contribution in [0.2, 0.25) is 0 Å². The first-order valence-electron chi connectivity index (χ1n) is 9.24. The Kier molecular flexibility index (Phi) is 6.80. The lowest BCUT2D eigenvalue weighted by Gasteiger charge is -2.26. The Morgan fingerprint density at radius 1 is 1.15 bits per heavy atom. The molecule has 1 aliphatic heterocycles. The molecule has 3 rings (SSSR count). The minimum atomic E-state index is -3.52. The van der Waals surface area contributed by atoms with Crippen molar-refractivity contribution >= 4 is 38.9 Å². The van der Waals surface area contributed by atoms with E-state index in [-0.39, 0.29) is 15.9 Å². The fourth-order valence-electron chi connectivity index (χ4n) is 3.46. The van der Waals surface area contributed by atoms with Gasteiger partial charge in [0.15, 0.2) is 5.11 Å². The van der Waals surface area contributed by atoms with Gasteiger partial charge in [0.1, 0.15) is 0 Å². The first-order valence-corrected chi connectivity index (χ1v) is 11.1. The van der Waals surface area contributed by atoms with Gasteiger partial charge in [0.05, 0.1) is 18.1 Å². The van der Waals surface area contributed by atoms with Crippen molar-refractivity contribution in [2.24, 2.45) is 5.92 Å². The average Bonchev–Trinajstić information content (AvgIpc) is 3.15. The van der Waals surface area contributed by atoms with Crippen molar-refractivity contribution in [1.82, 2.24) is 9.62 Å². The predicted octanol–water partition coefficient (Wildman–Crippen LogP) is 2.10. The van der Waals surface area contributed by atoms with Gasteiger partial charge in [-0.25, -0.2) is 8.42 Å². The monoisotopic (exact) mass is 411 g/mol. The molecule has 1 amide bonds. The van der Waals surface area contributed by atoms with Crippen LogP contribution in [-0.4, -0.2) is 50.0 Å². The number of nitrogens with one attached hydrogen (secondary N) is 2. The van der Waals surface area contributed by atoms with E-state index >= 15 is 0 Å². The summed E-state index contributed by atoms with van der Waals surface area (Å²) in [4.78, 5) is 12.3. The van der Waals surface area contributed by atoms with Crippen molar-refractivity contribution in [2.75, 3.05) is 31.6 Å². The molecule has 0 atom stereocenters. The van der Waals surface area contributed by atoms with Crippen molar-refractivity contribution < 1.29 is 17.9 Å². The topological polar surface area (TPSA) is 87.7 Å². The van der Waals surface area contributed by atoms with Crippen LogP contribution in [0.1, 0.15) is 32.1 Å². The van der Waals surface area contributed by atoms with E-state index in [4.69, 9.17) is 17.0 Å². The van der Waals surface area contributed by atoms with Gasteiger partial charge in [-0.05, 0) is 55.2 Å². The molecule has 0 radical (unpaired) electrons. The van der Waals surface area contributed by atoms with E-state index in [1.165, 1.54) is 29.3 Å². The maximum atomic E-state index is 12.6. The van der Waals surface area contributed by atoms with Crippen molar-refractivity contribution in [3.8, 4) is 0 Å². The Bertz CT molecular complexity index is 768. The van der Waals surface area contributed by atoms with Crippen molar-refractivity contribution in [1.29, 1.82) is 0 Å². The molecule has 2 N–H and O–H groups in total. The van der Waals surface area contributed by atoms with Gasteiger partial charge >= 0.3 is 0 Å². The van der Waals surface area contributed by atoms with Gasteiger partial charge in [-0.3, -0.25) is 4.79 Å². The van der Waals surface area contributed by atoms with E-state index in [0.29, 0.717) is 44.3 Å². The highest BCUT2D eigenvalue weighted by Gasteiger charge is 2.26. The molecule has 0 spiro atoms. The lowest BCUT2D eigenvalue weighted by Crippen LogP contribution is -2.40. The van der Waals surface area contributed by atoms with Gasteiger partial charge < -0.3 is 15.4 Å². The summed E-state index contributed by atoms with van der Waals surface area (Å²) < 4.78 is 31.8. The first kappa shape index (κ1) is 20.2. The molecule has 148 valence electrons. The summed E-state index contributed by atoms with van der Waals surface area (Å²) in [5, 5.41) is 5.84. The van der Waals surface area contributed by atoms with Crippen molar-refractivity contribution in [2.45, 2.75) is 37.0 Å². The highest BCUT2D eigenvalue weighted by molar-refractivity contribution is 7.89. The summed E-state index contributed by atoms with van der Waals surface area (Å²) in [5.41, 5.74) is 0.627. The molecule has 1 saturated carbocycles. The van der Waals surface area contributed by atoms with Gasteiger partial charge in [-0.2, -0.15) is 4.31 Å². The molecule has 2 aliphatic rings. The zero-order valence-electron chi connectivity index (χ0n) is 15.1. The van der Waals surface area contributed by atoms with Crippen LogP contribution in [-0.2, 0) is 19.6 Å². The van der Waals surface area contributed by atoms with Crippen LogP contribution in [0.25, 0.3) is 0 Å². The summed E-state index contributed by atoms with van der Waals surface area (Å²) in [7, 11) is -3.52. The average molecular weight is 412 g/mol. The maximum Gasteiger partial charge on any atom is 0.243 e. The third-order valence-electron chi connectivity index (χ3n) is 4.92. The summed E-state index contributed by atoms with van der Waals surface area (Å²) >= 11 is 5.18. The van der Waals surface area contributed by atoms with Crippen molar-refractivity contribution in [3.63, 3.8) is 0 Å². The van der Waals surface area contributed by atoms with Gasteiger partial charge in [0, 0.05) is 25.2 Å². The van der Waals surface area contributed by atoms with Gasteiger partial charge in [-0.1, -0.05) is 12.8 Å². The number of sulfonamides is 1. The Hall–Kier alpha value is -1.55. The lowest BCUT2D eigenvalue weighted by atomic mass is 10.0. The van der Waals surface area contributed by atoms with Crippen LogP contribution in [0.5, 0.6) is 0 Å². The molecule has 27 heavy (non-hydrogen) atoms. The first-order chi connectivity index (χ1) is 12.9. The zero-order valence-corrected chi connectivity index (χ0v) is 16.8. The molecule has 1 aromatic carbocycles. The second-order valence-corrected chi connectivity index (χ2v) is 9.24. The number of benzene rings is 1. The van der Waals surface area contributed by atoms with Crippen LogP contribution in [0, 0.1) is 5.92 Å². The number of thiocarbonyl (C=S) groups is 1. The predicted molar refractivity (Wildman–Crippen MR) is 107 cm³/mol. The molecule has 9 heteroatoms. The summed E-state index contributed by atoms with van der Waals surface area (Å²) in [6.45, 7) is 1.54. The molecule has 1 aromatic rings. The Morgan fingerprint density at radius 2 is 1.78 bits per heavy atom. The summed E-state index contributed by atoms with van der Waals surface area (Å²) in [6.07, 6.45) is 5.10. The summed E-state index contributed by atoms with van der Waals surface area (Å²) in [6, 6.07) is 6.36. The Labute approximate surface area is 165 Å². The largest absolute Gasteiger partial charge is 0.379 e. The zero-order chi connectivity index (χ0) is 19.3. The number of rotatable bonds is 5. The second kappa shape index (κ2) is 9.09. The van der Waals surface area contributed by atoms with Crippen LogP contribution in [0.4, 0.5) is 5.69 Å². The quantitative estimate of drug-likeness (QED) is 0.722. The van der Waals surface area contributed by atoms with E-state index < -0.39 is 10.0 Å². The van der Waals surface area contributed by atoms with E-state index in [9.17, 15) is 13.2 Å². The maximum absolute atomic E-state index is 12.6. The number of ether oxygens (including phenoxy) is 1. The number of amides is 1. The van der Waals surface area contributed by atoms with Crippen LogP contribution < -0.4 is 10.6 Å². The number of morpholine rings is 1. The number of carbonyl (C=O) groups is 1. The molecule has 0 bridgehead atoms. The smallest absolute Gasteiger partial charge is 0.243 e. The van der Waals surface area contributed by atoms with E-state index in [0.717, 1.165) is 12.8 Å². The molecular formula is C18H25N3O4S2. The SMILES string of the molecule is O=C(CC1CCCC1)NC(=S)Nc1ccc(S(=O)(=O)N2CCOCC2)cc1. The number of hydrogen-bond donors (Lipinski definition) is 2. The molecule has 1 aliphatic carbocycles. The van der Waals surface area contributed by atoms with E-state index in [1.807, 2.05) is 0 Å². The molecule has 0 unspecified atom stereocenters. The van der Waals surface area contributed by atoms with Crippen LogP contribution in [0.3, 0.4) is 0 Å². The van der Waals surface area contributed by atoms with Gasteiger partial charge in [0.2, 0.25) is 15.9 Å². The Balaban J connectivity index is 1.53. The highest BCUT2D eigenvalue weighted by Crippen LogP contribution is 2.27. The highest BCUT2D eigenvalue weighted by atomic mass is 32.2. The molecule has 1 heterocycles.